The van der Waals surface area contributed by atoms with Crippen molar-refractivity contribution in [1.82, 2.24) is 0 Å². The van der Waals surface area contributed by atoms with Crippen molar-refractivity contribution >= 4 is 0 Å². The largest absolute Gasteiger partial charge is 1.00 e. The molecule has 0 aliphatic carbocycles. The van der Waals surface area contributed by atoms with Crippen LogP contribution in [0.1, 0.15) is 0 Å². The zero-order valence-electron chi connectivity index (χ0n) is 10.6. The molecule has 0 atom stereocenters. The second-order valence-electron chi connectivity index (χ2n) is 0. The third-order valence-electron chi connectivity index (χ3n) is 0. The van der Waals surface area contributed by atoms with Crippen LogP contribution < -0.4 is 47.9 Å². The molecule has 0 fully saturated rings. The molecule has 0 bridgehead atoms. The van der Waals surface area contributed by atoms with Crippen LogP contribution in [0.4, 0.5) is 0 Å². The Hall–Kier alpha value is 0.955. The van der Waals surface area contributed by atoms with Crippen LogP contribution in [-0.4, -0.2) is 63.1 Å². The molecule has 0 saturated heterocycles. The maximum absolute atomic E-state index is 8.25. The summed E-state index contributed by atoms with van der Waals surface area (Å²) in [6.45, 7) is 0. The topological polar surface area (TPSA) is 127 Å². The van der Waals surface area contributed by atoms with Crippen molar-refractivity contribution in [2.75, 3.05) is 42.7 Å². The second-order valence-corrected chi connectivity index (χ2v) is 0. The van der Waals surface area contributed by atoms with Gasteiger partial charge in [-0.15, -0.1) is 0 Å². The van der Waals surface area contributed by atoms with E-state index in [1.165, 1.54) is 0 Å². The van der Waals surface area contributed by atoms with Crippen LogP contribution >= 0.6 is 0 Å². The van der Waals surface area contributed by atoms with Crippen LogP contribution in [0.3, 0.4) is 0 Å². The van der Waals surface area contributed by atoms with Gasteiger partial charge in [-0.3, -0.25) is 0 Å². The Morgan fingerprint density at radius 3 is 0.429 bits per heavy atom. The molecule has 0 radical (unpaired) electrons. The Morgan fingerprint density at radius 1 is 0.429 bits per heavy atom. The molecule has 8 heteroatoms. The van der Waals surface area contributed by atoms with E-state index in [9.17, 15) is 0 Å². The minimum atomic E-state index is 0. The number of rotatable bonds is 0. The minimum Gasteiger partial charge on any atom is -0.857 e. The van der Waals surface area contributed by atoms with E-state index < -0.39 is 0 Å². The molecule has 0 aromatic carbocycles. The molecule has 0 aromatic heterocycles. The normalized spacial score (nSPS) is 2.57. The third kappa shape index (κ3) is 2030. The van der Waals surface area contributed by atoms with Gasteiger partial charge in [0.1, 0.15) is 0 Å². The quantitative estimate of drug-likeness (QED) is 0.290. The van der Waals surface area contributed by atoms with Crippen molar-refractivity contribution in [2.24, 2.45) is 0 Å². The molecule has 0 rings (SSSR count). The molecule has 0 aromatic rings. The Morgan fingerprint density at radius 2 is 0.429 bits per heavy atom. The van der Waals surface area contributed by atoms with Crippen LogP contribution in [0.25, 0.3) is 0 Å². The monoisotopic (exact) mass is 204 g/mol. The molecule has 0 heterocycles. The second kappa shape index (κ2) is 2570. The summed E-state index contributed by atoms with van der Waals surface area (Å²) < 4.78 is 0. The van der Waals surface area contributed by atoms with Gasteiger partial charge in [-0.1, -0.05) is 0 Å². The zero-order valence-corrected chi connectivity index (χ0v) is 10.6. The Labute approximate surface area is 111 Å². The summed E-state index contributed by atoms with van der Waals surface area (Å²) in [6.07, 6.45) is 0. The van der Waals surface area contributed by atoms with E-state index in [0.717, 1.165) is 42.7 Å². The van der Waals surface area contributed by atoms with Gasteiger partial charge in [0, 0.05) is 28.4 Å². The first kappa shape index (κ1) is 60.2. The van der Waals surface area contributed by atoms with Gasteiger partial charge in [-0.05, 0) is 0 Å². The molecule has 0 amide bonds. The minimum absolute atomic E-state index is 0. The summed E-state index contributed by atoms with van der Waals surface area (Å²) in [6, 6.07) is 0. The van der Waals surface area contributed by atoms with Crippen molar-refractivity contribution < 1.29 is 68.4 Å². The van der Waals surface area contributed by atoms with E-state index in [1.807, 2.05) is 0 Å². The molecule has 6 nitrogen and oxygen atoms in total. The van der Waals surface area contributed by atoms with Crippen LogP contribution in [0.5, 0.6) is 0 Å². The van der Waals surface area contributed by atoms with Crippen LogP contribution in [0, 0.1) is 0 Å². The van der Waals surface area contributed by atoms with Gasteiger partial charge in [0.2, 0.25) is 0 Å². The fourth-order valence-corrected chi connectivity index (χ4v) is 0. The van der Waals surface area contributed by atoms with E-state index >= 15 is 0 Å². The average molecular weight is 204 g/mol. The Bertz CT molecular complexity index is 20.3. The number of aliphatic hydroxyl groups excluding tert-OH is 4. The fraction of sp³-hybridized carbons (Fsp3) is 1.00. The smallest absolute Gasteiger partial charge is 0.857 e. The van der Waals surface area contributed by atoms with Crippen molar-refractivity contribution in [3.63, 3.8) is 0 Å². The molecule has 0 saturated carbocycles. The van der Waals surface area contributed by atoms with Crippen molar-refractivity contribution in [1.29, 1.82) is 0 Å². The summed E-state index contributed by atoms with van der Waals surface area (Å²) in [5.41, 5.74) is 0. The number of hydrogen-bond acceptors (Lipinski definition) is 6. The van der Waals surface area contributed by atoms with Gasteiger partial charge in [-0.25, -0.2) is 0 Å². The first-order valence-electron chi connectivity index (χ1n) is 2.61. The first-order chi connectivity index (χ1) is 6.00. The summed E-state index contributed by atoms with van der Waals surface area (Å²) in [7, 11) is 5.50. The molecular weight excluding hydrogens is 182 g/mol. The molecule has 0 aliphatic rings. The fourth-order valence-electron chi connectivity index (χ4n) is 0. The summed E-state index contributed by atoms with van der Waals surface area (Å²) in [5.74, 6) is 0. The van der Waals surface area contributed by atoms with Crippen LogP contribution in [-0.2, 0) is 0 Å². The van der Waals surface area contributed by atoms with E-state index in [1.54, 1.807) is 0 Å². The SMILES string of the molecule is CO.CO.CO.CO.C[O-].C[O-].[Li+].[Li+]. The van der Waals surface area contributed by atoms with E-state index in [4.69, 9.17) is 30.6 Å². The number of hydrogen-bond donors (Lipinski definition) is 4. The Kier molecular flexibility index (Phi) is 11000. The molecule has 14 heavy (non-hydrogen) atoms. The van der Waals surface area contributed by atoms with Crippen LogP contribution in [0.15, 0.2) is 0 Å². The summed E-state index contributed by atoms with van der Waals surface area (Å²) in [5, 5.41) is 44.5. The van der Waals surface area contributed by atoms with Gasteiger partial charge in [0.15, 0.2) is 0 Å². The summed E-state index contributed by atoms with van der Waals surface area (Å²) in [4.78, 5) is 0. The number of aliphatic hydroxyl groups is 4. The van der Waals surface area contributed by atoms with Crippen LogP contribution in [0.2, 0.25) is 0 Å². The maximum atomic E-state index is 8.25. The molecule has 0 unspecified atom stereocenters. The van der Waals surface area contributed by atoms with Gasteiger partial charge in [-0.2, -0.15) is 14.2 Å². The first-order valence-corrected chi connectivity index (χ1v) is 2.61. The van der Waals surface area contributed by atoms with Gasteiger partial charge < -0.3 is 30.6 Å². The molecule has 0 spiro atoms. The zero-order chi connectivity index (χ0) is 12.0. The van der Waals surface area contributed by atoms with Crippen molar-refractivity contribution in [3.8, 4) is 0 Å². The predicted octanol–water partition coefficient (Wildman–Crippen LogP) is -9.61. The van der Waals surface area contributed by atoms with Crippen molar-refractivity contribution in [2.45, 2.75) is 0 Å². The van der Waals surface area contributed by atoms with Crippen molar-refractivity contribution in [3.05, 3.63) is 0 Å². The standard InChI is InChI=1S/4CH4O.2CH3O.2Li/c6*1-2;;/h4*2H,1H3;2*1H3;;/q;;;;2*-1;2*+1. The van der Waals surface area contributed by atoms with E-state index in [-0.39, 0.29) is 37.7 Å². The molecule has 4 N–H and O–H groups in total. The average Bonchev–Trinajstić information content (AvgIpc) is 2.33. The van der Waals surface area contributed by atoms with Gasteiger partial charge in [0.25, 0.3) is 0 Å². The Balaban J connectivity index is -0.00000000500. The van der Waals surface area contributed by atoms with E-state index in [0.29, 0.717) is 0 Å². The summed E-state index contributed by atoms with van der Waals surface area (Å²) >= 11 is 0. The van der Waals surface area contributed by atoms with Gasteiger partial charge >= 0.3 is 37.7 Å². The third-order valence-corrected chi connectivity index (χ3v) is 0. The predicted molar refractivity (Wildman–Crippen MR) is 44.4 cm³/mol. The molecular formula is C6H22Li2O6. The van der Waals surface area contributed by atoms with Gasteiger partial charge in [0.05, 0.1) is 0 Å². The van der Waals surface area contributed by atoms with E-state index in [2.05, 4.69) is 0 Å². The molecule has 84 valence electrons. The maximum Gasteiger partial charge on any atom is 1.00 e. The molecule has 0 aliphatic heterocycles.